The molecule has 2 aromatic heterocycles. The van der Waals surface area contributed by atoms with Crippen molar-refractivity contribution in [3.05, 3.63) is 40.5 Å². The Hall–Kier alpha value is -1.35. The van der Waals surface area contributed by atoms with Gasteiger partial charge >= 0.3 is 0 Å². The third kappa shape index (κ3) is 3.86. The quantitative estimate of drug-likeness (QED) is 0.679. The second-order valence-corrected chi connectivity index (χ2v) is 5.13. The molecule has 0 atom stereocenters. The molecule has 0 fully saturated rings. The first-order chi connectivity index (χ1) is 8.38. The van der Waals surface area contributed by atoms with Crippen LogP contribution in [0.25, 0.3) is 0 Å². The maximum atomic E-state index is 5.33. The summed E-state index contributed by atoms with van der Waals surface area (Å²) in [5.74, 6) is 6.76. The highest BCUT2D eigenvalue weighted by atomic mass is 32.2. The minimum atomic E-state index is 0.402. The first-order valence-corrected chi connectivity index (χ1v) is 6.90. The molecular formula is C12H11N3S2. The van der Waals surface area contributed by atoms with E-state index in [1.54, 1.807) is 41.7 Å². The minimum Gasteiger partial charge on any atom is -0.320 e. The van der Waals surface area contributed by atoms with E-state index < -0.39 is 0 Å². The van der Waals surface area contributed by atoms with E-state index in [2.05, 4.69) is 33.3 Å². The molecule has 2 rings (SSSR count). The maximum absolute atomic E-state index is 5.33. The number of rotatable bonds is 3. The van der Waals surface area contributed by atoms with Gasteiger partial charge in [0.05, 0.1) is 12.7 Å². The first kappa shape index (κ1) is 12.1. The fourth-order valence-electron chi connectivity index (χ4n) is 1.18. The van der Waals surface area contributed by atoms with Crippen LogP contribution in [-0.4, -0.2) is 16.5 Å². The van der Waals surface area contributed by atoms with Gasteiger partial charge in [-0.1, -0.05) is 23.6 Å². The van der Waals surface area contributed by atoms with E-state index in [1.165, 1.54) is 4.88 Å². The molecule has 0 bridgehead atoms. The van der Waals surface area contributed by atoms with Crippen LogP contribution in [0, 0.1) is 11.8 Å². The van der Waals surface area contributed by atoms with E-state index in [1.807, 2.05) is 0 Å². The Morgan fingerprint density at radius 1 is 1.41 bits per heavy atom. The number of nitrogens with zero attached hydrogens (tertiary/aromatic N) is 2. The van der Waals surface area contributed by atoms with Crippen LogP contribution in [0.4, 0.5) is 0 Å². The molecule has 0 saturated heterocycles. The topological polar surface area (TPSA) is 51.8 Å². The van der Waals surface area contributed by atoms with E-state index in [0.717, 1.165) is 16.3 Å². The van der Waals surface area contributed by atoms with E-state index >= 15 is 0 Å². The van der Waals surface area contributed by atoms with Crippen LogP contribution >= 0.6 is 23.1 Å². The highest BCUT2D eigenvalue weighted by molar-refractivity contribution is 7.98. The summed E-state index contributed by atoms with van der Waals surface area (Å²) >= 11 is 3.38. The smallest absolute Gasteiger partial charge is 0.115 e. The van der Waals surface area contributed by atoms with Crippen LogP contribution in [0.15, 0.2) is 35.1 Å². The maximum Gasteiger partial charge on any atom is 0.115 e. The zero-order valence-corrected chi connectivity index (χ0v) is 10.7. The summed E-state index contributed by atoms with van der Waals surface area (Å²) in [6.07, 6.45) is 5.15. The Morgan fingerprint density at radius 3 is 3.12 bits per heavy atom. The van der Waals surface area contributed by atoms with Crippen LogP contribution in [0.1, 0.15) is 10.4 Å². The van der Waals surface area contributed by atoms with Gasteiger partial charge in [0.2, 0.25) is 0 Å². The van der Waals surface area contributed by atoms with Crippen molar-refractivity contribution in [2.24, 2.45) is 5.73 Å². The zero-order valence-electron chi connectivity index (χ0n) is 9.09. The molecule has 2 N–H and O–H groups in total. The Bertz CT molecular complexity index is 525. The van der Waals surface area contributed by atoms with Gasteiger partial charge in [0.1, 0.15) is 5.03 Å². The average Bonchev–Trinajstić information content (AvgIpc) is 2.83. The standard InChI is InChI=1S/C12H11N3S2/c13-3-1-2-10-6-11(16-8-10)9-17-12-7-14-4-5-15-12/h4-8H,3,9,13H2. The summed E-state index contributed by atoms with van der Waals surface area (Å²) in [6, 6.07) is 2.09. The van der Waals surface area contributed by atoms with E-state index in [0.29, 0.717) is 6.54 Å². The lowest BCUT2D eigenvalue weighted by atomic mass is 10.3. The van der Waals surface area contributed by atoms with Gasteiger partial charge in [0.15, 0.2) is 0 Å². The van der Waals surface area contributed by atoms with Crippen molar-refractivity contribution < 1.29 is 0 Å². The third-order valence-corrected chi connectivity index (χ3v) is 3.97. The molecule has 5 heteroatoms. The molecule has 2 aromatic rings. The normalized spacial score (nSPS) is 9.71. The lowest BCUT2D eigenvalue weighted by Gasteiger charge is -1.96. The van der Waals surface area contributed by atoms with Crippen molar-refractivity contribution in [2.45, 2.75) is 10.8 Å². The summed E-state index contributed by atoms with van der Waals surface area (Å²) in [4.78, 5) is 9.52. The summed E-state index contributed by atoms with van der Waals surface area (Å²) in [6.45, 7) is 0.402. The monoisotopic (exact) mass is 261 g/mol. The lowest BCUT2D eigenvalue weighted by Crippen LogP contribution is -1.92. The molecule has 2 heterocycles. The molecule has 86 valence electrons. The summed E-state index contributed by atoms with van der Waals surface area (Å²) in [5.41, 5.74) is 6.37. The Morgan fingerprint density at radius 2 is 2.35 bits per heavy atom. The zero-order chi connectivity index (χ0) is 11.9. The Labute approximate surface area is 108 Å². The molecule has 17 heavy (non-hydrogen) atoms. The minimum absolute atomic E-state index is 0.402. The summed E-state index contributed by atoms with van der Waals surface area (Å²) in [5, 5.41) is 2.99. The van der Waals surface area contributed by atoms with Crippen LogP contribution in [-0.2, 0) is 5.75 Å². The van der Waals surface area contributed by atoms with Gasteiger partial charge in [0, 0.05) is 34.0 Å². The van der Waals surface area contributed by atoms with Crippen molar-refractivity contribution >= 4 is 23.1 Å². The Kier molecular flexibility index (Phi) is 4.56. The predicted octanol–water partition coefficient (Wildman–Crippen LogP) is 2.14. The second-order valence-electron chi connectivity index (χ2n) is 3.14. The SMILES string of the molecule is NCC#Cc1csc(CSc2cnccn2)c1. The second kappa shape index (κ2) is 6.40. The van der Waals surface area contributed by atoms with Crippen molar-refractivity contribution in [2.75, 3.05) is 6.54 Å². The number of aromatic nitrogens is 2. The fraction of sp³-hybridized carbons (Fsp3) is 0.167. The number of hydrogen-bond donors (Lipinski definition) is 1. The summed E-state index contributed by atoms with van der Waals surface area (Å²) in [7, 11) is 0. The predicted molar refractivity (Wildman–Crippen MR) is 71.8 cm³/mol. The largest absolute Gasteiger partial charge is 0.320 e. The highest BCUT2D eigenvalue weighted by Gasteiger charge is 2.00. The van der Waals surface area contributed by atoms with Crippen LogP contribution in [0.5, 0.6) is 0 Å². The number of thiophene rings is 1. The number of nitrogens with two attached hydrogens (primary N) is 1. The van der Waals surface area contributed by atoms with Gasteiger partial charge in [-0.3, -0.25) is 4.98 Å². The number of hydrogen-bond acceptors (Lipinski definition) is 5. The van der Waals surface area contributed by atoms with E-state index in [4.69, 9.17) is 5.73 Å². The van der Waals surface area contributed by atoms with Crippen molar-refractivity contribution in [1.29, 1.82) is 0 Å². The third-order valence-electron chi connectivity index (χ3n) is 1.89. The van der Waals surface area contributed by atoms with Gasteiger partial charge in [-0.05, 0) is 6.07 Å². The fourth-order valence-corrected chi connectivity index (χ4v) is 2.87. The van der Waals surface area contributed by atoms with Crippen molar-refractivity contribution in [3.8, 4) is 11.8 Å². The lowest BCUT2D eigenvalue weighted by molar-refractivity contribution is 1.05. The molecule has 0 aromatic carbocycles. The summed E-state index contributed by atoms with van der Waals surface area (Å²) < 4.78 is 0. The average molecular weight is 261 g/mol. The molecule has 0 saturated carbocycles. The molecule has 0 aliphatic rings. The molecule has 0 aliphatic heterocycles. The molecule has 0 aliphatic carbocycles. The van der Waals surface area contributed by atoms with Crippen LogP contribution in [0.3, 0.4) is 0 Å². The molecular weight excluding hydrogens is 250 g/mol. The number of thioether (sulfide) groups is 1. The molecule has 3 nitrogen and oxygen atoms in total. The van der Waals surface area contributed by atoms with Crippen molar-refractivity contribution in [1.82, 2.24) is 9.97 Å². The van der Waals surface area contributed by atoms with E-state index in [-0.39, 0.29) is 0 Å². The molecule has 0 spiro atoms. The van der Waals surface area contributed by atoms with Gasteiger partial charge in [0.25, 0.3) is 0 Å². The van der Waals surface area contributed by atoms with Crippen LogP contribution < -0.4 is 5.73 Å². The highest BCUT2D eigenvalue weighted by Crippen LogP contribution is 2.24. The van der Waals surface area contributed by atoms with E-state index in [9.17, 15) is 0 Å². The van der Waals surface area contributed by atoms with Gasteiger partial charge in [-0.15, -0.1) is 11.3 Å². The Balaban J connectivity index is 1.94. The molecule has 0 amide bonds. The van der Waals surface area contributed by atoms with Gasteiger partial charge in [-0.25, -0.2) is 4.98 Å². The molecule has 0 radical (unpaired) electrons. The van der Waals surface area contributed by atoms with Crippen molar-refractivity contribution in [3.63, 3.8) is 0 Å². The molecule has 0 unspecified atom stereocenters. The van der Waals surface area contributed by atoms with Gasteiger partial charge in [-0.2, -0.15) is 0 Å². The first-order valence-electron chi connectivity index (χ1n) is 5.03. The van der Waals surface area contributed by atoms with Crippen LogP contribution in [0.2, 0.25) is 0 Å². The van der Waals surface area contributed by atoms with Gasteiger partial charge < -0.3 is 5.73 Å².